The number of benzene rings is 2. The van der Waals surface area contributed by atoms with Crippen LogP contribution >= 0.6 is 27.5 Å². The topological polar surface area (TPSA) is 46.5 Å². The molecule has 0 saturated carbocycles. The summed E-state index contributed by atoms with van der Waals surface area (Å²) >= 11 is 9.21. The Morgan fingerprint density at radius 1 is 1.21 bits per heavy atom. The van der Waals surface area contributed by atoms with E-state index < -0.39 is 11.8 Å². The standard InChI is InChI=1S/C13H7BrClFO3/c14-7-1-3-12(10(15)5-7)19-11-4-2-8(16)6-9(11)13(17)18/h1-6H,(H,17,18). The summed E-state index contributed by atoms with van der Waals surface area (Å²) in [6.45, 7) is 0. The van der Waals surface area contributed by atoms with Crippen LogP contribution in [0.2, 0.25) is 5.02 Å². The molecule has 0 atom stereocenters. The second-order valence-corrected chi connectivity index (χ2v) is 4.95. The smallest absolute Gasteiger partial charge is 0.339 e. The number of carboxylic acid groups (broad SMARTS) is 1. The van der Waals surface area contributed by atoms with Gasteiger partial charge in [-0.05, 0) is 36.4 Å². The Bertz CT molecular complexity index is 646. The fraction of sp³-hybridized carbons (Fsp3) is 0. The van der Waals surface area contributed by atoms with Gasteiger partial charge in [-0.25, -0.2) is 9.18 Å². The molecule has 3 nitrogen and oxygen atoms in total. The highest BCUT2D eigenvalue weighted by atomic mass is 79.9. The van der Waals surface area contributed by atoms with Crippen molar-refractivity contribution in [3.05, 3.63) is 57.3 Å². The molecule has 0 unspecified atom stereocenters. The molecule has 98 valence electrons. The van der Waals surface area contributed by atoms with E-state index in [0.717, 1.165) is 16.6 Å². The fourth-order valence-electron chi connectivity index (χ4n) is 1.43. The van der Waals surface area contributed by atoms with Crippen molar-refractivity contribution in [2.45, 2.75) is 0 Å². The van der Waals surface area contributed by atoms with Crippen molar-refractivity contribution >= 4 is 33.5 Å². The number of halogens is 3. The summed E-state index contributed by atoms with van der Waals surface area (Å²) in [6, 6.07) is 8.16. The third kappa shape index (κ3) is 3.24. The van der Waals surface area contributed by atoms with Crippen LogP contribution in [-0.2, 0) is 0 Å². The Morgan fingerprint density at radius 3 is 2.53 bits per heavy atom. The van der Waals surface area contributed by atoms with Gasteiger partial charge in [0.1, 0.15) is 22.9 Å². The van der Waals surface area contributed by atoms with E-state index in [1.54, 1.807) is 18.2 Å². The summed E-state index contributed by atoms with van der Waals surface area (Å²) in [4.78, 5) is 11.0. The van der Waals surface area contributed by atoms with E-state index in [1.165, 1.54) is 6.07 Å². The molecule has 1 N–H and O–H groups in total. The molecule has 6 heteroatoms. The van der Waals surface area contributed by atoms with Gasteiger partial charge in [-0.1, -0.05) is 27.5 Å². The molecular weight excluding hydrogens is 338 g/mol. The Balaban J connectivity index is 2.40. The first-order chi connectivity index (χ1) is 8.97. The fourth-order valence-corrected chi connectivity index (χ4v) is 2.15. The molecule has 2 aromatic carbocycles. The summed E-state index contributed by atoms with van der Waals surface area (Å²) in [7, 11) is 0. The van der Waals surface area contributed by atoms with Crippen molar-refractivity contribution in [1.82, 2.24) is 0 Å². The number of carbonyl (C=O) groups is 1. The number of carboxylic acids is 1. The van der Waals surface area contributed by atoms with Gasteiger partial charge in [0, 0.05) is 4.47 Å². The summed E-state index contributed by atoms with van der Waals surface area (Å²) in [5, 5.41) is 9.31. The number of ether oxygens (including phenoxy) is 1. The minimum atomic E-state index is -1.28. The average Bonchev–Trinajstić information content (AvgIpc) is 2.34. The number of aromatic carboxylic acids is 1. The molecule has 0 aliphatic carbocycles. The van der Waals surface area contributed by atoms with Crippen LogP contribution in [0.15, 0.2) is 40.9 Å². The lowest BCUT2D eigenvalue weighted by atomic mass is 10.2. The Kier molecular flexibility index (Phi) is 4.07. The van der Waals surface area contributed by atoms with Crippen LogP contribution in [-0.4, -0.2) is 11.1 Å². The number of hydrogen-bond acceptors (Lipinski definition) is 2. The van der Waals surface area contributed by atoms with E-state index in [0.29, 0.717) is 10.8 Å². The van der Waals surface area contributed by atoms with E-state index in [9.17, 15) is 9.18 Å². The maximum absolute atomic E-state index is 13.0. The number of rotatable bonds is 3. The SMILES string of the molecule is O=C(O)c1cc(F)ccc1Oc1ccc(Br)cc1Cl. The predicted octanol–water partition coefficient (Wildman–Crippen LogP) is 4.73. The Morgan fingerprint density at radius 2 is 1.89 bits per heavy atom. The molecule has 0 heterocycles. The predicted molar refractivity (Wildman–Crippen MR) is 72.6 cm³/mol. The minimum Gasteiger partial charge on any atom is -0.478 e. The molecule has 0 radical (unpaired) electrons. The zero-order valence-electron chi connectivity index (χ0n) is 9.36. The van der Waals surface area contributed by atoms with Gasteiger partial charge in [0.15, 0.2) is 0 Å². The summed E-state index contributed by atoms with van der Waals surface area (Å²) in [5.41, 5.74) is -0.265. The van der Waals surface area contributed by atoms with Crippen LogP contribution in [0.3, 0.4) is 0 Å². The highest BCUT2D eigenvalue weighted by Gasteiger charge is 2.14. The molecule has 0 fully saturated rings. The normalized spacial score (nSPS) is 10.3. The van der Waals surface area contributed by atoms with E-state index in [2.05, 4.69) is 15.9 Å². The molecule has 19 heavy (non-hydrogen) atoms. The first-order valence-electron chi connectivity index (χ1n) is 5.13. The zero-order valence-corrected chi connectivity index (χ0v) is 11.7. The van der Waals surface area contributed by atoms with Crippen molar-refractivity contribution in [3.63, 3.8) is 0 Å². The van der Waals surface area contributed by atoms with Gasteiger partial charge in [-0.2, -0.15) is 0 Å². The molecule has 0 spiro atoms. The van der Waals surface area contributed by atoms with Crippen LogP contribution in [0.5, 0.6) is 11.5 Å². The van der Waals surface area contributed by atoms with Crippen LogP contribution in [0.1, 0.15) is 10.4 Å². The second kappa shape index (κ2) is 5.59. The highest BCUT2D eigenvalue weighted by molar-refractivity contribution is 9.10. The lowest BCUT2D eigenvalue weighted by molar-refractivity contribution is 0.0693. The maximum atomic E-state index is 13.0. The molecule has 0 bridgehead atoms. The quantitative estimate of drug-likeness (QED) is 0.874. The molecule has 0 aliphatic rings. The lowest BCUT2D eigenvalue weighted by Gasteiger charge is -2.10. The van der Waals surface area contributed by atoms with Gasteiger partial charge in [0.2, 0.25) is 0 Å². The molecule has 0 aliphatic heterocycles. The summed E-state index contributed by atoms with van der Waals surface area (Å²) in [6.07, 6.45) is 0. The summed E-state index contributed by atoms with van der Waals surface area (Å²) in [5.74, 6) is -1.61. The second-order valence-electron chi connectivity index (χ2n) is 3.62. The first kappa shape index (κ1) is 13.8. The zero-order chi connectivity index (χ0) is 14.0. The molecule has 0 saturated heterocycles. The molecule has 0 amide bonds. The van der Waals surface area contributed by atoms with Crippen LogP contribution in [0, 0.1) is 5.82 Å². The van der Waals surface area contributed by atoms with Crippen molar-refractivity contribution in [2.75, 3.05) is 0 Å². The van der Waals surface area contributed by atoms with Gasteiger partial charge in [-0.3, -0.25) is 0 Å². The Hall–Kier alpha value is -1.59. The summed E-state index contributed by atoms with van der Waals surface area (Å²) < 4.78 is 19.2. The van der Waals surface area contributed by atoms with E-state index in [1.807, 2.05) is 0 Å². The minimum absolute atomic E-state index is 0.0260. The maximum Gasteiger partial charge on any atom is 0.339 e. The molecule has 2 aromatic rings. The number of hydrogen-bond donors (Lipinski definition) is 1. The van der Waals surface area contributed by atoms with Crippen LogP contribution in [0.4, 0.5) is 4.39 Å². The lowest BCUT2D eigenvalue weighted by Crippen LogP contribution is -2.01. The first-order valence-corrected chi connectivity index (χ1v) is 6.30. The third-order valence-electron chi connectivity index (χ3n) is 2.29. The van der Waals surface area contributed by atoms with Crippen LogP contribution < -0.4 is 4.74 Å². The molecule has 2 rings (SSSR count). The largest absolute Gasteiger partial charge is 0.478 e. The van der Waals surface area contributed by atoms with Crippen LogP contribution in [0.25, 0.3) is 0 Å². The average molecular weight is 346 g/mol. The van der Waals surface area contributed by atoms with Crippen molar-refractivity contribution < 1.29 is 19.0 Å². The van der Waals surface area contributed by atoms with Gasteiger partial charge in [0.05, 0.1) is 5.02 Å². The van der Waals surface area contributed by atoms with Crippen molar-refractivity contribution in [1.29, 1.82) is 0 Å². The highest BCUT2D eigenvalue weighted by Crippen LogP contribution is 2.33. The third-order valence-corrected chi connectivity index (χ3v) is 3.07. The van der Waals surface area contributed by atoms with Gasteiger partial charge < -0.3 is 9.84 Å². The van der Waals surface area contributed by atoms with Crippen molar-refractivity contribution in [2.24, 2.45) is 0 Å². The van der Waals surface area contributed by atoms with Gasteiger partial charge in [0.25, 0.3) is 0 Å². The van der Waals surface area contributed by atoms with E-state index in [-0.39, 0.29) is 11.3 Å². The Labute approximate surface area is 121 Å². The van der Waals surface area contributed by atoms with E-state index in [4.69, 9.17) is 21.4 Å². The molecular formula is C13H7BrClFO3. The van der Waals surface area contributed by atoms with Gasteiger partial charge in [-0.15, -0.1) is 0 Å². The van der Waals surface area contributed by atoms with Gasteiger partial charge >= 0.3 is 5.97 Å². The van der Waals surface area contributed by atoms with E-state index >= 15 is 0 Å². The monoisotopic (exact) mass is 344 g/mol. The van der Waals surface area contributed by atoms with Crippen molar-refractivity contribution in [3.8, 4) is 11.5 Å². The molecule has 0 aromatic heterocycles.